The lowest BCUT2D eigenvalue weighted by Gasteiger charge is -2.32. The summed E-state index contributed by atoms with van der Waals surface area (Å²) in [5.74, 6) is 0.705. The van der Waals surface area contributed by atoms with E-state index in [2.05, 4.69) is 16.8 Å². The monoisotopic (exact) mass is 391 g/mol. The largest absolute Gasteiger partial charge is 0.497 e. The van der Waals surface area contributed by atoms with Gasteiger partial charge in [0.25, 0.3) is 5.91 Å². The van der Waals surface area contributed by atoms with Crippen molar-refractivity contribution in [3.05, 3.63) is 48.2 Å². The molecule has 1 aliphatic carbocycles. The zero-order chi connectivity index (χ0) is 19.5. The maximum absolute atomic E-state index is 13.0. The van der Waals surface area contributed by atoms with Gasteiger partial charge in [-0.25, -0.2) is 0 Å². The lowest BCUT2D eigenvalue weighted by Crippen LogP contribution is -2.52. The molecule has 7 nitrogen and oxygen atoms in total. The lowest BCUT2D eigenvalue weighted by molar-refractivity contribution is -0.0118. The van der Waals surface area contributed by atoms with E-state index in [4.69, 9.17) is 19.2 Å². The third-order valence-corrected chi connectivity index (χ3v) is 7.89. The molecule has 0 bridgehead atoms. The molecule has 1 N–H and O–H groups in total. The number of piperidine rings is 1. The van der Waals surface area contributed by atoms with Crippen LogP contribution in [0.15, 0.2) is 36.9 Å². The standard InChI is InChI=1S/C22H21N3O4/c1-3-15-17-19(29-10-28-17)22-9-21(22)16(8-25(15)22)24-20(26)13-7-11-6-12(27-2)4-5-14(11)23-18(13)21/h3-7,15-17,19H,1,8-10H2,2H3,(H,24,26)/t15-,16+,17-,19?,21?,22+/m1/s1. The Morgan fingerprint density at radius 1 is 1.38 bits per heavy atom. The highest BCUT2D eigenvalue weighted by molar-refractivity contribution is 6.01. The van der Waals surface area contributed by atoms with Crippen LogP contribution in [0.4, 0.5) is 0 Å². The molecule has 5 heterocycles. The van der Waals surface area contributed by atoms with Crippen LogP contribution in [0, 0.1) is 0 Å². The first kappa shape index (κ1) is 16.3. The second-order valence-corrected chi connectivity index (χ2v) is 8.76. The second kappa shape index (κ2) is 4.98. The molecule has 29 heavy (non-hydrogen) atoms. The predicted molar refractivity (Wildman–Crippen MR) is 104 cm³/mol. The number of hydrogen-bond acceptors (Lipinski definition) is 6. The number of nitrogens with one attached hydrogen (secondary N) is 1. The summed E-state index contributed by atoms with van der Waals surface area (Å²) >= 11 is 0. The molecule has 2 aromatic rings. The number of methoxy groups -OCH3 is 1. The molecule has 0 radical (unpaired) electrons. The molecule has 1 aromatic heterocycles. The van der Waals surface area contributed by atoms with Crippen LogP contribution in [0.1, 0.15) is 22.5 Å². The molecule has 7 rings (SSSR count). The average Bonchev–Trinajstić information content (AvgIpc) is 2.98. The minimum atomic E-state index is -0.237. The van der Waals surface area contributed by atoms with Crippen molar-refractivity contribution in [2.24, 2.45) is 0 Å². The fraction of sp³-hybridized carbons (Fsp3) is 0.455. The minimum absolute atomic E-state index is 0.00128. The second-order valence-electron chi connectivity index (χ2n) is 8.76. The van der Waals surface area contributed by atoms with Gasteiger partial charge in [-0.3, -0.25) is 14.7 Å². The lowest BCUT2D eigenvalue weighted by atomic mass is 9.81. The van der Waals surface area contributed by atoms with Crippen LogP contribution < -0.4 is 10.1 Å². The molecule has 5 aliphatic rings. The van der Waals surface area contributed by atoms with Crippen LogP contribution in [-0.2, 0) is 14.9 Å². The summed E-state index contributed by atoms with van der Waals surface area (Å²) in [4.78, 5) is 20.5. The van der Waals surface area contributed by atoms with E-state index in [0.717, 1.165) is 35.3 Å². The maximum atomic E-state index is 13.0. The molecule has 6 atom stereocenters. The molecule has 7 heteroatoms. The Bertz CT molecular complexity index is 1120. The van der Waals surface area contributed by atoms with Gasteiger partial charge < -0.3 is 19.5 Å². The number of amides is 1. The molecule has 2 spiro atoms. The van der Waals surface area contributed by atoms with Gasteiger partial charge in [-0.15, -0.1) is 6.58 Å². The number of rotatable bonds is 2. The van der Waals surface area contributed by atoms with Crippen LogP contribution >= 0.6 is 0 Å². The van der Waals surface area contributed by atoms with E-state index >= 15 is 0 Å². The Kier molecular flexibility index (Phi) is 2.80. The first-order valence-electron chi connectivity index (χ1n) is 10.1. The van der Waals surface area contributed by atoms with Gasteiger partial charge >= 0.3 is 0 Å². The van der Waals surface area contributed by atoms with Gasteiger partial charge in [0.05, 0.1) is 46.9 Å². The van der Waals surface area contributed by atoms with Gasteiger partial charge in [0, 0.05) is 11.9 Å². The molecule has 1 amide bonds. The van der Waals surface area contributed by atoms with Gasteiger partial charge in [-0.1, -0.05) is 6.08 Å². The van der Waals surface area contributed by atoms with Crippen LogP contribution in [0.5, 0.6) is 5.75 Å². The Hall–Kier alpha value is -2.48. The van der Waals surface area contributed by atoms with Crippen molar-refractivity contribution in [2.45, 2.75) is 41.7 Å². The molecule has 3 saturated heterocycles. The number of carbonyl (C=O) groups is 1. The van der Waals surface area contributed by atoms with Crippen molar-refractivity contribution < 1.29 is 19.0 Å². The summed E-state index contributed by atoms with van der Waals surface area (Å²) < 4.78 is 17.4. The van der Waals surface area contributed by atoms with Crippen LogP contribution in [0.2, 0.25) is 0 Å². The molecule has 2 unspecified atom stereocenters. The van der Waals surface area contributed by atoms with E-state index in [-0.39, 0.29) is 41.2 Å². The van der Waals surface area contributed by atoms with E-state index in [1.54, 1.807) is 7.11 Å². The SMILES string of the molecule is C=C[C@@H]1[C@H]2OCOC2[C@@]23CC24c2nc5ccc(OC)cc5cc2C(=O)N[C@H]4CN13. The Morgan fingerprint density at radius 2 is 2.28 bits per heavy atom. The summed E-state index contributed by atoms with van der Waals surface area (Å²) in [6.45, 7) is 5.14. The number of fused-ring (bicyclic) bond motifs is 3. The topological polar surface area (TPSA) is 72.9 Å². The van der Waals surface area contributed by atoms with Crippen molar-refractivity contribution in [1.82, 2.24) is 15.2 Å². The van der Waals surface area contributed by atoms with Crippen molar-refractivity contribution in [1.29, 1.82) is 0 Å². The van der Waals surface area contributed by atoms with Crippen molar-refractivity contribution in [3.8, 4) is 5.75 Å². The fourth-order valence-electron chi connectivity index (χ4n) is 6.74. The van der Waals surface area contributed by atoms with Crippen molar-refractivity contribution >= 4 is 16.8 Å². The zero-order valence-corrected chi connectivity index (χ0v) is 16.1. The van der Waals surface area contributed by atoms with Gasteiger partial charge in [0.1, 0.15) is 24.8 Å². The summed E-state index contributed by atoms with van der Waals surface area (Å²) in [7, 11) is 1.64. The summed E-state index contributed by atoms with van der Waals surface area (Å²) in [6.07, 6.45) is 2.86. The zero-order valence-electron chi connectivity index (χ0n) is 16.1. The molecule has 1 aromatic carbocycles. The third-order valence-electron chi connectivity index (χ3n) is 7.89. The molecular formula is C22H21N3O4. The normalized spacial score (nSPS) is 41.2. The van der Waals surface area contributed by atoms with Crippen LogP contribution in [0.3, 0.4) is 0 Å². The van der Waals surface area contributed by atoms with Gasteiger partial charge in [0.15, 0.2) is 0 Å². The smallest absolute Gasteiger partial charge is 0.253 e. The number of ether oxygens (including phenoxy) is 3. The Labute approximate surface area is 167 Å². The molecular weight excluding hydrogens is 370 g/mol. The average molecular weight is 391 g/mol. The van der Waals surface area contributed by atoms with Crippen LogP contribution in [0.25, 0.3) is 10.9 Å². The molecule has 4 fully saturated rings. The summed E-state index contributed by atoms with van der Waals surface area (Å²) in [5, 5.41) is 4.18. The van der Waals surface area contributed by atoms with E-state index < -0.39 is 0 Å². The highest BCUT2D eigenvalue weighted by atomic mass is 16.7. The Balaban J connectivity index is 1.45. The fourth-order valence-corrected chi connectivity index (χ4v) is 6.74. The number of carbonyl (C=O) groups excluding carboxylic acids is 1. The molecule has 4 aliphatic heterocycles. The third kappa shape index (κ3) is 1.61. The minimum Gasteiger partial charge on any atom is -0.497 e. The highest BCUT2D eigenvalue weighted by Gasteiger charge is 2.88. The molecule has 148 valence electrons. The van der Waals surface area contributed by atoms with Gasteiger partial charge in [-0.2, -0.15) is 0 Å². The Morgan fingerprint density at radius 3 is 3.10 bits per heavy atom. The number of hydrogen-bond donors (Lipinski definition) is 1. The first-order chi connectivity index (χ1) is 14.1. The van der Waals surface area contributed by atoms with E-state index in [9.17, 15) is 4.79 Å². The highest BCUT2D eigenvalue weighted by Crippen LogP contribution is 2.74. The maximum Gasteiger partial charge on any atom is 0.253 e. The van der Waals surface area contributed by atoms with E-state index in [1.165, 1.54) is 0 Å². The van der Waals surface area contributed by atoms with Crippen molar-refractivity contribution in [3.63, 3.8) is 0 Å². The van der Waals surface area contributed by atoms with E-state index in [0.29, 0.717) is 12.4 Å². The van der Waals surface area contributed by atoms with Gasteiger partial charge in [0.2, 0.25) is 0 Å². The number of benzene rings is 1. The summed E-state index contributed by atoms with van der Waals surface area (Å²) in [5.41, 5.74) is 2.03. The summed E-state index contributed by atoms with van der Waals surface area (Å²) in [6, 6.07) is 7.88. The number of nitrogens with zero attached hydrogens (tertiary/aromatic N) is 2. The van der Waals surface area contributed by atoms with E-state index in [1.807, 2.05) is 30.3 Å². The number of aromatic nitrogens is 1. The quantitative estimate of drug-likeness (QED) is 0.780. The number of pyridine rings is 1. The molecule has 1 saturated carbocycles. The van der Waals surface area contributed by atoms with Crippen LogP contribution in [-0.4, -0.2) is 66.1 Å². The van der Waals surface area contributed by atoms with Gasteiger partial charge in [-0.05, 0) is 30.7 Å². The predicted octanol–water partition coefficient (Wildman–Crippen LogP) is 1.36. The first-order valence-corrected chi connectivity index (χ1v) is 10.1. The van der Waals surface area contributed by atoms with Crippen molar-refractivity contribution in [2.75, 3.05) is 20.4 Å².